The van der Waals surface area contributed by atoms with Gasteiger partial charge in [0.2, 0.25) is 0 Å². The molecule has 1 saturated heterocycles. The highest BCUT2D eigenvalue weighted by atomic mass is 16.5. The van der Waals surface area contributed by atoms with Crippen molar-refractivity contribution in [1.29, 1.82) is 0 Å². The van der Waals surface area contributed by atoms with Gasteiger partial charge in [-0.2, -0.15) is 0 Å². The molecule has 0 aromatic heterocycles. The van der Waals surface area contributed by atoms with Crippen molar-refractivity contribution in [3.63, 3.8) is 0 Å². The zero-order valence-electron chi connectivity index (χ0n) is 9.27. The third-order valence-corrected chi connectivity index (χ3v) is 2.39. The summed E-state index contributed by atoms with van der Waals surface area (Å²) in [5, 5.41) is 12.0. The van der Waals surface area contributed by atoms with E-state index in [1.54, 1.807) is 6.92 Å². The van der Waals surface area contributed by atoms with Gasteiger partial charge in [-0.25, -0.2) is 0 Å². The van der Waals surface area contributed by atoms with Crippen LogP contribution >= 0.6 is 0 Å². The van der Waals surface area contributed by atoms with Crippen LogP contribution in [0.5, 0.6) is 0 Å². The molecular weight excluding hydrogens is 214 g/mol. The number of carbonyl (C=O) groups excluding carboxylic acids is 1. The van der Waals surface area contributed by atoms with Gasteiger partial charge in [0.1, 0.15) is 0 Å². The molecule has 1 rings (SSSR count). The van der Waals surface area contributed by atoms with Crippen LogP contribution in [0.4, 0.5) is 0 Å². The lowest BCUT2D eigenvalue weighted by molar-refractivity contribution is -0.159. The average Bonchev–Trinajstić information content (AvgIpc) is 2.27. The van der Waals surface area contributed by atoms with E-state index in [0.717, 1.165) is 0 Å². The van der Waals surface area contributed by atoms with Crippen molar-refractivity contribution in [2.24, 2.45) is 5.92 Å². The summed E-state index contributed by atoms with van der Waals surface area (Å²) < 4.78 is 9.91. The van der Waals surface area contributed by atoms with Crippen LogP contribution in [0.3, 0.4) is 0 Å². The molecule has 0 aromatic carbocycles. The molecule has 1 heterocycles. The maximum absolute atomic E-state index is 11.4. The second-order valence-electron chi connectivity index (χ2n) is 3.60. The van der Waals surface area contributed by atoms with Crippen LogP contribution in [0.1, 0.15) is 13.3 Å². The van der Waals surface area contributed by atoms with Crippen LogP contribution in [0.25, 0.3) is 0 Å². The molecule has 0 bridgehead atoms. The first kappa shape index (κ1) is 12.9. The molecule has 0 aromatic rings. The highest BCUT2D eigenvalue weighted by Gasteiger charge is 2.31. The van der Waals surface area contributed by atoms with Crippen LogP contribution in [0, 0.1) is 5.92 Å². The van der Waals surface area contributed by atoms with Gasteiger partial charge in [0.05, 0.1) is 19.8 Å². The quantitative estimate of drug-likeness (QED) is 0.496. The smallest absolute Gasteiger partial charge is 0.320 e. The zero-order chi connectivity index (χ0) is 12.0. The maximum atomic E-state index is 11.4. The summed E-state index contributed by atoms with van der Waals surface area (Å²) in [6, 6.07) is -0.0979. The number of ether oxygens (including phenoxy) is 2. The minimum absolute atomic E-state index is 0.0979. The fourth-order valence-electron chi connectivity index (χ4n) is 1.60. The number of morpholine rings is 1. The van der Waals surface area contributed by atoms with Crippen molar-refractivity contribution in [2.75, 3.05) is 26.4 Å². The first-order valence-electron chi connectivity index (χ1n) is 5.35. The molecule has 6 heteroatoms. The molecule has 2 N–H and O–H groups in total. The Hall–Kier alpha value is -1.14. The normalized spacial score (nSPS) is 22.4. The van der Waals surface area contributed by atoms with Gasteiger partial charge < -0.3 is 19.9 Å². The Labute approximate surface area is 93.9 Å². The zero-order valence-corrected chi connectivity index (χ0v) is 9.27. The standard InChI is InChI=1S/C10H17NO5/c1-2-16-10(14)8(9(12)13)5-7-6-15-4-3-11-7/h7-8,11H,2-6H2,1H3,(H,12,13). The second kappa shape index (κ2) is 6.44. The number of hydrogen-bond acceptors (Lipinski definition) is 5. The average molecular weight is 231 g/mol. The molecule has 6 nitrogen and oxygen atoms in total. The largest absolute Gasteiger partial charge is 0.481 e. The number of carboxylic acids is 1. The molecule has 2 atom stereocenters. The highest BCUT2D eigenvalue weighted by molar-refractivity contribution is 5.93. The van der Waals surface area contributed by atoms with Gasteiger partial charge >= 0.3 is 11.9 Å². The van der Waals surface area contributed by atoms with Gasteiger partial charge in [-0.05, 0) is 13.3 Å². The monoisotopic (exact) mass is 231 g/mol. The molecule has 92 valence electrons. The first-order valence-corrected chi connectivity index (χ1v) is 5.35. The lowest BCUT2D eigenvalue weighted by atomic mass is 10.00. The molecule has 0 spiro atoms. The van der Waals surface area contributed by atoms with E-state index in [-0.39, 0.29) is 19.1 Å². The Balaban J connectivity index is 2.49. The summed E-state index contributed by atoms with van der Waals surface area (Å²) in [6.07, 6.45) is 0.203. The SMILES string of the molecule is CCOC(=O)C(CC1COCCN1)C(=O)O. The highest BCUT2D eigenvalue weighted by Crippen LogP contribution is 2.11. The van der Waals surface area contributed by atoms with Crippen molar-refractivity contribution in [2.45, 2.75) is 19.4 Å². The van der Waals surface area contributed by atoms with E-state index in [9.17, 15) is 9.59 Å². The van der Waals surface area contributed by atoms with Crippen molar-refractivity contribution in [1.82, 2.24) is 5.32 Å². The third-order valence-electron chi connectivity index (χ3n) is 2.39. The molecular formula is C10H17NO5. The van der Waals surface area contributed by atoms with Crippen LogP contribution < -0.4 is 5.32 Å². The van der Waals surface area contributed by atoms with E-state index >= 15 is 0 Å². The van der Waals surface area contributed by atoms with Gasteiger partial charge in [-0.15, -0.1) is 0 Å². The molecule has 0 saturated carbocycles. The summed E-state index contributed by atoms with van der Waals surface area (Å²) in [4.78, 5) is 22.3. The Morgan fingerprint density at radius 1 is 1.62 bits per heavy atom. The topological polar surface area (TPSA) is 84.9 Å². The Morgan fingerprint density at radius 2 is 2.38 bits per heavy atom. The maximum Gasteiger partial charge on any atom is 0.320 e. The number of hydrogen-bond donors (Lipinski definition) is 2. The second-order valence-corrected chi connectivity index (χ2v) is 3.60. The van der Waals surface area contributed by atoms with Crippen molar-refractivity contribution >= 4 is 11.9 Å². The van der Waals surface area contributed by atoms with E-state index in [4.69, 9.17) is 14.6 Å². The Bertz CT molecular complexity index is 250. The Kier molecular flexibility index (Phi) is 5.21. The summed E-state index contributed by atoms with van der Waals surface area (Å²) in [5.41, 5.74) is 0. The summed E-state index contributed by atoms with van der Waals surface area (Å²) in [5.74, 6) is -2.94. The summed E-state index contributed by atoms with van der Waals surface area (Å²) in [6.45, 7) is 3.58. The van der Waals surface area contributed by atoms with Crippen molar-refractivity contribution in [3.8, 4) is 0 Å². The number of rotatable bonds is 5. The summed E-state index contributed by atoms with van der Waals surface area (Å²) >= 11 is 0. The minimum Gasteiger partial charge on any atom is -0.481 e. The first-order chi connectivity index (χ1) is 7.65. The number of aliphatic carboxylic acids is 1. The molecule has 2 unspecified atom stereocenters. The van der Waals surface area contributed by atoms with E-state index < -0.39 is 17.9 Å². The van der Waals surface area contributed by atoms with Gasteiger partial charge in [-0.3, -0.25) is 9.59 Å². The van der Waals surface area contributed by atoms with Crippen molar-refractivity contribution in [3.05, 3.63) is 0 Å². The van der Waals surface area contributed by atoms with E-state index in [1.807, 2.05) is 0 Å². The van der Waals surface area contributed by atoms with E-state index in [2.05, 4.69) is 5.32 Å². The molecule has 16 heavy (non-hydrogen) atoms. The van der Waals surface area contributed by atoms with Gasteiger partial charge in [0.25, 0.3) is 0 Å². The van der Waals surface area contributed by atoms with Crippen LogP contribution in [0.2, 0.25) is 0 Å². The molecule has 1 fully saturated rings. The van der Waals surface area contributed by atoms with Crippen molar-refractivity contribution < 1.29 is 24.2 Å². The number of carbonyl (C=O) groups is 2. The predicted octanol–water partition coefficient (Wildman–Crippen LogP) is -0.371. The number of nitrogens with one attached hydrogen (secondary N) is 1. The molecule has 0 radical (unpaired) electrons. The lowest BCUT2D eigenvalue weighted by Crippen LogP contribution is -2.44. The molecule has 1 aliphatic rings. The van der Waals surface area contributed by atoms with Gasteiger partial charge in [-0.1, -0.05) is 0 Å². The van der Waals surface area contributed by atoms with Crippen LogP contribution in [0.15, 0.2) is 0 Å². The van der Waals surface area contributed by atoms with Gasteiger partial charge in [0, 0.05) is 12.6 Å². The molecule has 0 aliphatic carbocycles. The molecule has 0 amide bonds. The van der Waals surface area contributed by atoms with E-state index in [1.165, 1.54) is 0 Å². The number of carboxylic acid groups (broad SMARTS) is 1. The van der Waals surface area contributed by atoms with Gasteiger partial charge in [0.15, 0.2) is 5.92 Å². The molecule has 1 aliphatic heterocycles. The Morgan fingerprint density at radius 3 is 2.88 bits per heavy atom. The fraction of sp³-hybridized carbons (Fsp3) is 0.800. The summed E-state index contributed by atoms with van der Waals surface area (Å²) in [7, 11) is 0. The fourth-order valence-corrected chi connectivity index (χ4v) is 1.60. The third kappa shape index (κ3) is 3.79. The van der Waals surface area contributed by atoms with Crippen LogP contribution in [-0.2, 0) is 19.1 Å². The van der Waals surface area contributed by atoms with E-state index in [0.29, 0.717) is 19.8 Å². The predicted molar refractivity (Wildman–Crippen MR) is 55.0 cm³/mol. The number of esters is 1. The van der Waals surface area contributed by atoms with Crippen LogP contribution in [-0.4, -0.2) is 49.5 Å². The minimum atomic E-state index is -1.15. The lowest BCUT2D eigenvalue weighted by Gasteiger charge is -2.25.